The molecule has 0 unspecified atom stereocenters. The maximum absolute atomic E-state index is 12.3. The molecule has 0 aliphatic carbocycles. The van der Waals surface area contributed by atoms with Crippen molar-refractivity contribution in [2.24, 2.45) is 5.41 Å². The van der Waals surface area contributed by atoms with Gasteiger partial charge in [-0.15, -0.1) is 0 Å². The third-order valence-corrected chi connectivity index (χ3v) is 4.09. The maximum Gasteiger partial charge on any atom is 0.356 e. The van der Waals surface area contributed by atoms with Crippen molar-refractivity contribution < 1.29 is 14.3 Å². The smallest absolute Gasteiger partial charge is 0.356 e. The predicted octanol–water partition coefficient (Wildman–Crippen LogP) is 3.26. The second-order valence-corrected chi connectivity index (χ2v) is 6.29. The summed E-state index contributed by atoms with van der Waals surface area (Å²) in [6.07, 6.45) is 3.10. The number of nitrogens with zero attached hydrogens (tertiary/aromatic N) is 2. The molecule has 1 aromatic heterocycles. The fourth-order valence-electron chi connectivity index (χ4n) is 2.09. The van der Waals surface area contributed by atoms with Crippen LogP contribution in [0.3, 0.4) is 0 Å². The van der Waals surface area contributed by atoms with E-state index in [2.05, 4.69) is 4.98 Å². The molecule has 5 nitrogen and oxygen atoms in total. The van der Waals surface area contributed by atoms with Crippen LogP contribution in [0.2, 0.25) is 0 Å². The third kappa shape index (κ3) is 3.86. The summed E-state index contributed by atoms with van der Waals surface area (Å²) in [5.41, 5.74) is 0.760. The lowest BCUT2D eigenvalue weighted by molar-refractivity contribution is -0.126. The molecule has 0 fully saturated rings. The summed E-state index contributed by atoms with van der Waals surface area (Å²) in [4.78, 5) is 27.9. The van der Waals surface area contributed by atoms with Crippen LogP contribution in [0.25, 0.3) is 0 Å². The molecule has 1 heterocycles. The van der Waals surface area contributed by atoms with E-state index in [9.17, 15) is 9.59 Å². The maximum atomic E-state index is 12.3. The van der Waals surface area contributed by atoms with Gasteiger partial charge in [-0.2, -0.15) is 0 Å². The van der Waals surface area contributed by atoms with E-state index >= 15 is 0 Å². The molecule has 0 bridgehead atoms. The molecule has 122 valence electrons. The van der Waals surface area contributed by atoms with E-state index in [1.807, 2.05) is 37.3 Å². The summed E-state index contributed by atoms with van der Waals surface area (Å²) < 4.78 is 7.09. The van der Waals surface area contributed by atoms with Crippen molar-refractivity contribution in [3.05, 3.63) is 54.1 Å². The Bertz CT molecular complexity index is 689. The molecule has 0 saturated heterocycles. The molecule has 2 aromatic rings. The Morgan fingerprint density at radius 2 is 1.91 bits per heavy atom. The summed E-state index contributed by atoms with van der Waals surface area (Å²) in [6, 6.07) is 9.81. The van der Waals surface area contributed by atoms with E-state index in [0.29, 0.717) is 5.69 Å². The first kappa shape index (κ1) is 16.9. The first-order valence-corrected chi connectivity index (χ1v) is 7.58. The van der Waals surface area contributed by atoms with Crippen LogP contribution in [0.5, 0.6) is 0 Å². The minimum absolute atomic E-state index is 0.0172. The summed E-state index contributed by atoms with van der Waals surface area (Å²) >= 11 is 0. The number of esters is 1. The highest BCUT2D eigenvalue weighted by Gasteiger charge is 2.27. The monoisotopic (exact) mass is 314 g/mol. The number of ether oxygens (including phenoxy) is 1. The highest BCUT2D eigenvalue weighted by Crippen LogP contribution is 2.21. The zero-order valence-corrected chi connectivity index (χ0v) is 13.9. The molecule has 0 N–H and O–H groups in total. The Morgan fingerprint density at radius 3 is 2.52 bits per heavy atom. The van der Waals surface area contributed by atoms with Crippen molar-refractivity contribution in [1.82, 2.24) is 9.55 Å². The lowest BCUT2D eigenvalue weighted by Crippen LogP contribution is -2.29. The average Bonchev–Trinajstić information content (AvgIpc) is 3.02. The van der Waals surface area contributed by atoms with Gasteiger partial charge in [0.2, 0.25) is 0 Å². The Kier molecular flexibility index (Phi) is 4.98. The zero-order chi connectivity index (χ0) is 17.0. The zero-order valence-electron chi connectivity index (χ0n) is 13.9. The predicted molar refractivity (Wildman–Crippen MR) is 87.2 cm³/mol. The Morgan fingerprint density at radius 1 is 1.26 bits per heavy atom. The van der Waals surface area contributed by atoms with Gasteiger partial charge in [0.15, 0.2) is 0 Å². The standard InChI is InChI=1S/C18H22N2O3/c1-13(15-8-6-5-7-9-15)20-12-19-10-16(20)17(22)23-11-18(3,4)14(2)21/h5-10,12-13H,11H2,1-4H3/t13-/m1/s1. The Balaban J connectivity index is 2.15. The first-order valence-electron chi connectivity index (χ1n) is 7.58. The molecule has 0 radical (unpaired) electrons. The lowest BCUT2D eigenvalue weighted by atomic mass is 9.90. The van der Waals surface area contributed by atoms with Crippen LogP contribution in [-0.2, 0) is 9.53 Å². The van der Waals surface area contributed by atoms with E-state index in [1.54, 1.807) is 24.7 Å². The number of aromatic nitrogens is 2. The van der Waals surface area contributed by atoms with Crippen LogP contribution in [-0.4, -0.2) is 27.9 Å². The second-order valence-electron chi connectivity index (χ2n) is 6.29. The number of rotatable bonds is 6. The van der Waals surface area contributed by atoms with E-state index in [4.69, 9.17) is 4.74 Å². The van der Waals surface area contributed by atoms with Gasteiger partial charge in [-0.25, -0.2) is 9.78 Å². The SMILES string of the molecule is CC(=O)C(C)(C)COC(=O)c1cncn1[C@H](C)c1ccccc1. The second kappa shape index (κ2) is 6.77. The number of ketones is 1. The number of hydrogen-bond donors (Lipinski definition) is 0. The highest BCUT2D eigenvalue weighted by molar-refractivity contribution is 5.88. The minimum atomic E-state index is -0.689. The van der Waals surface area contributed by atoms with E-state index in [0.717, 1.165) is 5.56 Å². The molecule has 5 heteroatoms. The minimum Gasteiger partial charge on any atom is -0.460 e. The van der Waals surface area contributed by atoms with Crippen molar-refractivity contribution >= 4 is 11.8 Å². The number of hydrogen-bond acceptors (Lipinski definition) is 4. The van der Waals surface area contributed by atoms with Crippen LogP contribution < -0.4 is 0 Å². The van der Waals surface area contributed by atoms with Crippen molar-refractivity contribution in [3.8, 4) is 0 Å². The van der Waals surface area contributed by atoms with Gasteiger partial charge in [-0.1, -0.05) is 30.3 Å². The number of carbonyl (C=O) groups is 2. The van der Waals surface area contributed by atoms with E-state index < -0.39 is 11.4 Å². The van der Waals surface area contributed by atoms with Gasteiger partial charge >= 0.3 is 5.97 Å². The molecular weight excluding hydrogens is 292 g/mol. The van der Waals surface area contributed by atoms with Crippen LogP contribution in [0.4, 0.5) is 0 Å². The third-order valence-electron chi connectivity index (χ3n) is 4.09. The quantitative estimate of drug-likeness (QED) is 0.768. The number of imidazole rings is 1. The topological polar surface area (TPSA) is 61.2 Å². The van der Waals surface area contributed by atoms with Gasteiger partial charge in [0.25, 0.3) is 0 Å². The van der Waals surface area contributed by atoms with E-state index in [-0.39, 0.29) is 18.4 Å². The molecule has 0 aliphatic rings. The summed E-state index contributed by atoms with van der Waals surface area (Å²) in [7, 11) is 0. The largest absolute Gasteiger partial charge is 0.460 e. The van der Waals surface area contributed by atoms with Gasteiger partial charge in [0, 0.05) is 0 Å². The van der Waals surface area contributed by atoms with Gasteiger partial charge in [-0.3, -0.25) is 4.79 Å². The number of benzene rings is 1. The molecule has 0 saturated carbocycles. The fraction of sp³-hybridized carbons (Fsp3) is 0.389. The Labute approximate surface area is 136 Å². The average molecular weight is 314 g/mol. The molecular formula is C18H22N2O3. The van der Waals surface area contributed by atoms with Gasteiger partial charge < -0.3 is 9.30 Å². The van der Waals surface area contributed by atoms with Gasteiger partial charge in [0.05, 0.1) is 24.0 Å². The van der Waals surface area contributed by atoms with Crippen LogP contribution in [0.15, 0.2) is 42.9 Å². The molecule has 0 aliphatic heterocycles. The van der Waals surface area contributed by atoms with Crippen molar-refractivity contribution in [2.45, 2.75) is 33.7 Å². The summed E-state index contributed by atoms with van der Waals surface area (Å²) in [5, 5.41) is 0. The van der Waals surface area contributed by atoms with Gasteiger partial charge in [-0.05, 0) is 33.3 Å². The fourth-order valence-corrected chi connectivity index (χ4v) is 2.09. The first-order chi connectivity index (χ1) is 10.8. The van der Waals surface area contributed by atoms with Crippen molar-refractivity contribution in [2.75, 3.05) is 6.61 Å². The number of Topliss-reactive ketones (excluding diaryl/α,β-unsaturated/α-hetero) is 1. The summed E-state index contributed by atoms with van der Waals surface area (Å²) in [5.74, 6) is -0.490. The van der Waals surface area contributed by atoms with Crippen LogP contribution in [0, 0.1) is 5.41 Å². The van der Waals surface area contributed by atoms with Crippen molar-refractivity contribution in [3.63, 3.8) is 0 Å². The van der Waals surface area contributed by atoms with Crippen molar-refractivity contribution in [1.29, 1.82) is 0 Å². The highest BCUT2D eigenvalue weighted by atomic mass is 16.5. The van der Waals surface area contributed by atoms with Gasteiger partial charge in [0.1, 0.15) is 18.1 Å². The summed E-state index contributed by atoms with van der Waals surface area (Å²) in [6.45, 7) is 7.05. The van der Waals surface area contributed by atoms with Crippen LogP contribution in [0.1, 0.15) is 49.8 Å². The van der Waals surface area contributed by atoms with Crippen LogP contribution >= 0.6 is 0 Å². The van der Waals surface area contributed by atoms with E-state index in [1.165, 1.54) is 13.1 Å². The molecule has 23 heavy (non-hydrogen) atoms. The molecule has 1 aromatic carbocycles. The molecule has 0 spiro atoms. The lowest BCUT2D eigenvalue weighted by Gasteiger charge is -2.21. The molecule has 2 rings (SSSR count). The molecule has 1 atom stereocenters. The normalized spacial score (nSPS) is 12.7. The molecule has 0 amide bonds. The number of carbonyl (C=O) groups excluding carboxylic acids is 2. The Hall–Kier alpha value is -2.43.